The fourth-order valence-corrected chi connectivity index (χ4v) is 2.00. The van der Waals surface area contributed by atoms with Gasteiger partial charge in [0.05, 0.1) is 12.2 Å². The van der Waals surface area contributed by atoms with Gasteiger partial charge in [0.15, 0.2) is 0 Å². The number of carbonyl (C=O) groups is 1. The Kier molecular flexibility index (Phi) is 4.38. The molecule has 0 saturated carbocycles. The van der Waals surface area contributed by atoms with Crippen LogP contribution in [-0.2, 0) is 13.2 Å². The molecule has 2 aromatic rings. The van der Waals surface area contributed by atoms with Gasteiger partial charge in [0.1, 0.15) is 5.75 Å². The molecule has 0 spiro atoms. The van der Waals surface area contributed by atoms with Gasteiger partial charge >= 0.3 is 0 Å². The first kappa shape index (κ1) is 14.1. The van der Waals surface area contributed by atoms with Gasteiger partial charge in [-0.3, -0.25) is 4.79 Å². The summed E-state index contributed by atoms with van der Waals surface area (Å²) in [5.74, 6) is -0.334. The lowest BCUT2D eigenvalue weighted by molar-refractivity contribution is 0.0947. The van der Waals surface area contributed by atoms with E-state index in [2.05, 4.69) is 5.32 Å². The van der Waals surface area contributed by atoms with Crippen molar-refractivity contribution in [3.63, 3.8) is 0 Å². The van der Waals surface area contributed by atoms with Gasteiger partial charge < -0.3 is 15.5 Å². The summed E-state index contributed by atoms with van der Waals surface area (Å²) in [6.45, 7) is 1.98. The second-order valence-electron chi connectivity index (χ2n) is 4.58. The Bertz CT molecular complexity index is 623. The third-order valence-electron chi connectivity index (χ3n) is 3.21. The highest BCUT2D eigenvalue weighted by Gasteiger charge is 2.12. The lowest BCUT2D eigenvalue weighted by Crippen LogP contribution is -2.23. The molecule has 0 radical (unpaired) electrons. The van der Waals surface area contributed by atoms with E-state index in [9.17, 15) is 15.0 Å². The van der Waals surface area contributed by atoms with Crippen molar-refractivity contribution in [2.24, 2.45) is 0 Å². The first-order valence-corrected chi connectivity index (χ1v) is 6.38. The Morgan fingerprint density at radius 3 is 2.50 bits per heavy atom. The summed E-state index contributed by atoms with van der Waals surface area (Å²) in [7, 11) is 0. The zero-order chi connectivity index (χ0) is 14.5. The van der Waals surface area contributed by atoms with E-state index in [4.69, 9.17) is 0 Å². The topological polar surface area (TPSA) is 69.6 Å². The molecular formula is C16H17NO3. The van der Waals surface area contributed by atoms with Gasteiger partial charge in [0, 0.05) is 6.54 Å². The predicted octanol–water partition coefficient (Wildman–Crippen LogP) is 2.12. The SMILES string of the molecule is Cc1cccc(C(=O)NCc2ccccc2CO)c1O. The number of aliphatic hydroxyl groups is 1. The Labute approximate surface area is 117 Å². The van der Waals surface area contributed by atoms with Crippen molar-refractivity contribution in [1.29, 1.82) is 0 Å². The summed E-state index contributed by atoms with van der Waals surface area (Å²) in [5.41, 5.74) is 2.55. The van der Waals surface area contributed by atoms with Crippen LogP contribution in [0.3, 0.4) is 0 Å². The molecule has 0 bridgehead atoms. The monoisotopic (exact) mass is 271 g/mol. The van der Waals surface area contributed by atoms with Gasteiger partial charge in [-0.1, -0.05) is 36.4 Å². The molecule has 2 rings (SSSR count). The highest BCUT2D eigenvalue weighted by molar-refractivity contribution is 5.97. The number of phenolic OH excluding ortho intramolecular Hbond substituents is 1. The minimum absolute atomic E-state index is 0.000410. The van der Waals surface area contributed by atoms with Gasteiger partial charge in [0.2, 0.25) is 0 Å². The van der Waals surface area contributed by atoms with Crippen LogP contribution in [0.4, 0.5) is 0 Å². The van der Waals surface area contributed by atoms with Crippen LogP contribution in [0.5, 0.6) is 5.75 Å². The van der Waals surface area contributed by atoms with E-state index < -0.39 is 0 Å². The summed E-state index contributed by atoms with van der Waals surface area (Å²) in [6, 6.07) is 12.4. The smallest absolute Gasteiger partial charge is 0.255 e. The second-order valence-corrected chi connectivity index (χ2v) is 4.58. The summed E-state index contributed by atoms with van der Waals surface area (Å²) in [5, 5.41) is 21.8. The Hall–Kier alpha value is -2.33. The molecule has 0 heterocycles. The molecule has 1 amide bonds. The number of rotatable bonds is 4. The predicted molar refractivity (Wildman–Crippen MR) is 76.4 cm³/mol. The van der Waals surface area contributed by atoms with E-state index in [1.807, 2.05) is 24.3 Å². The molecular weight excluding hydrogens is 254 g/mol. The van der Waals surface area contributed by atoms with Crippen molar-refractivity contribution in [2.45, 2.75) is 20.1 Å². The minimum Gasteiger partial charge on any atom is -0.507 e. The van der Waals surface area contributed by atoms with Crippen LogP contribution in [0.2, 0.25) is 0 Å². The molecule has 0 aliphatic carbocycles. The van der Waals surface area contributed by atoms with Crippen molar-refractivity contribution in [1.82, 2.24) is 5.32 Å². The maximum absolute atomic E-state index is 12.1. The molecule has 0 aliphatic rings. The van der Waals surface area contributed by atoms with Crippen LogP contribution in [0.25, 0.3) is 0 Å². The molecule has 0 atom stereocenters. The largest absolute Gasteiger partial charge is 0.507 e. The third kappa shape index (κ3) is 2.97. The number of amides is 1. The van der Waals surface area contributed by atoms with Gasteiger partial charge in [-0.05, 0) is 29.7 Å². The van der Waals surface area contributed by atoms with Gasteiger partial charge in [0.25, 0.3) is 5.91 Å². The number of carbonyl (C=O) groups excluding carboxylic acids is 1. The summed E-state index contributed by atoms with van der Waals surface area (Å²) < 4.78 is 0. The van der Waals surface area contributed by atoms with Crippen LogP contribution in [0.1, 0.15) is 27.0 Å². The number of benzene rings is 2. The molecule has 4 nitrogen and oxygen atoms in total. The number of para-hydroxylation sites is 1. The maximum Gasteiger partial charge on any atom is 0.255 e. The Balaban J connectivity index is 2.11. The zero-order valence-corrected chi connectivity index (χ0v) is 11.3. The number of aryl methyl sites for hydroxylation is 1. The number of phenols is 1. The number of nitrogens with one attached hydrogen (secondary N) is 1. The Morgan fingerprint density at radius 2 is 1.80 bits per heavy atom. The third-order valence-corrected chi connectivity index (χ3v) is 3.21. The van der Waals surface area contributed by atoms with Crippen LogP contribution >= 0.6 is 0 Å². The molecule has 20 heavy (non-hydrogen) atoms. The van der Waals surface area contributed by atoms with Crippen molar-refractivity contribution < 1.29 is 15.0 Å². The Morgan fingerprint density at radius 1 is 1.10 bits per heavy atom. The van der Waals surface area contributed by atoms with Crippen LogP contribution in [0.15, 0.2) is 42.5 Å². The second kappa shape index (κ2) is 6.21. The number of aromatic hydroxyl groups is 1. The zero-order valence-electron chi connectivity index (χ0n) is 11.3. The van der Waals surface area contributed by atoms with E-state index in [-0.39, 0.29) is 23.8 Å². The van der Waals surface area contributed by atoms with Crippen LogP contribution in [0, 0.1) is 6.92 Å². The van der Waals surface area contributed by atoms with E-state index in [1.165, 1.54) is 0 Å². The fraction of sp³-hybridized carbons (Fsp3) is 0.188. The molecule has 2 aromatic carbocycles. The molecule has 0 aromatic heterocycles. The number of aliphatic hydroxyl groups excluding tert-OH is 1. The molecule has 0 saturated heterocycles. The average molecular weight is 271 g/mol. The van der Waals surface area contributed by atoms with E-state index in [0.29, 0.717) is 12.1 Å². The van der Waals surface area contributed by atoms with E-state index in [1.54, 1.807) is 25.1 Å². The number of hydrogen-bond acceptors (Lipinski definition) is 3. The highest BCUT2D eigenvalue weighted by atomic mass is 16.3. The summed E-state index contributed by atoms with van der Waals surface area (Å²) >= 11 is 0. The molecule has 4 heteroatoms. The standard InChI is InChI=1S/C16H17NO3/c1-11-5-4-8-14(15(11)19)16(20)17-9-12-6-2-3-7-13(12)10-18/h2-8,18-19H,9-10H2,1H3,(H,17,20). The normalized spacial score (nSPS) is 10.3. The van der Waals surface area contributed by atoms with Gasteiger partial charge in [-0.2, -0.15) is 0 Å². The van der Waals surface area contributed by atoms with E-state index >= 15 is 0 Å². The van der Waals surface area contributed by atoms with Crippen molar-refractivity contribution in [2.75, 3.05) is 0 Å². The van der Waals surface area contributed by atoms with Gasteiger partial charge in [-0.15, -0.1) is 0 Å². The average Bonchev–Trinajstić information content (AvgIpc) is 2.48. The fourth-order valence-electron chi connectivity index (χ4n) is 2.00. The molecule has 0 aliphatic heterocycles. The van der Waals surface area contributed by atoms with Crippen molar-refractivity contribution in [3.05, 3.63) is 64.7 Å². The first-order valence-electron chi connectivity index (χ1n) is 6.38. The van der Waals surface area contributed by atoms with Crippen LogP contribution < -0.4 is 5.32 Å². The van der Waals surface area contributed by atoms with Crippen molar-refractivity contribution >= 4 is 5.91 Å². The number of hydrogen-bond donors (Lipinski definition) is 3. The molecule has 3 N–H and O–H groups in total. The summed E-state index contributed by atoms with van der Waals surface area (Å²) in [4.78, 5) is 12.1. The maximum atomic E-state index is 12.1. The lowest BCUT2D eigenvalue weighted by Gasteiger charge is -2.10. The summed E-state index contributed by atoms with van der Waals surface area (Å²) in [6.07, 6.45) is 0. The molecule has 0 unspecified atom stereocenters. The highest BCUT2D eigenvalue weighted by Crippen LogP contribution is 2.21. The van der Waals surface area contributed by atoms with E-state index in [0.717, 1.165) is 11.1 Å². The van der Waals surface area contributed by atoms with Crippen molar-refractivity contribution in [3.8, 4) is 5.75 Å². The quantitative estimate of drug-likeness (QED) is 0.797. The first-order chi connectivity index (χ1) is 9.63. The van der Waals surface area contributed by atoms with Crippen LogP contribution in [-0.4, -0.2) is 16.1 Å². The molecule has 104 valence electrons. The molecule has 0 fully saturated rings. The van der Waals surface area contributed by atoms with Gasteiger partial charge in [-0.25, -0.2) is 0 Å². The lowest BCUT2D eigenvalue weighted by atomic mass is 10.1. The minimum atomic E-state index is -0.334.